The molecule has 3 aromatic heterocycles. The van der Waals surface area contributed by atoms with Gasteiger partial charge in [0.05, 0.1) is 18.0 Å². The van der Waals surface area contributed by atoms with Gasteiger partial charge in [0.2, 0.25) is 0 Å². The van der Waals surface area contributed by atoms with Crippen molar-refractivity contribution in [2.45, 2.75) is 53.0 Å². The SMILES string of the molecule is CCC(CO)c1cc(NCc2cccc(-c3nccn3C)c2)n2nc(C)c(-c3cc(C)c(C)c(C(=O)NCCCO)c3)c2n1. The Labute approximate surface area is 257 Å². The number of nitrogens with zero attached hydrogens (tertiary/aromatic N) is 5. The highest BCUT2D eigenvalue weighted by Crippen LogP contribution is 2.33. The minimum Gasteiger partial charge on any atom is -0.396 e. The number of carbonyl (C=O) groups excluding carboxylic acids is 1. The van der Waals surface area contributed by atoms with E-state index in [0.717, 1.165) is 62.8 Å². The number of benzene rings is 2. The predicted molar refractivity (Wildman–Crippen MR) is 173 cm³/mol. The van der Waals surface area contributed by atoms with Crippen LogP contribution < -0.4 is 10.6 Å². The lowest BCUT2D eigenvalue weighted by atomic mass is 9.95. The Bertz CT molecular complexity index is 1790. The molecule has 4 N–H and O–H groups in total. The van der Waals surface area contributed by atoms with Crippen LogP contribution in [0.5, 0.6) is 0 Å². The van der Waals surface area contributed by atoms with Gasteiger partial charge in [-0.15, -0.1) is 0 Å². The average Bonchev–Trinajstić information content (AvgIpc) is 3.60. The molecule has 0 aliphatic carbocycles. The Kier molecular flexibility index (Phi) is 9.41. The van der Waals surface area contributed by atoms with Gasteiger partial charge in [-0.1, -0.05) is 31.2 Å². The van der Waals surface area contributed by atoms with Crippen molar-refractivity contribution in [3.05, 3.63) is 88.5 Å². The van der Waals surface area contributed by atoms with Gasteiger partial charge in [-0.3, -0.25) is 4.79 Å². The third-order valence-electron chi connectivity index (χ3n) is 8.22. The second-order valence-electron chi connectivity index (χ2n) is 11.3. The second kappa shape index (κ2) is 13.4. The molecule has 0 bridgehead atoms. The lowest BCUT2D eigenvalue weighted by Gasteiger charge is -2.16. The summed E-state index contributed by atoms with van der Waals surface area (Å²) in [6.45, 7) is 8.87. The zero-order valence-electron chi connectivity index (χ0n) is 26.1. The van der Waals surface area contributed by atoms with Crippen molar-refractivity contribution < 1.29 is 15.0 Å². The summed E-state index contributed by atoms with van der Waals surface area (Å²) in [6, 6.07) is 14.2. The van der Waals surface area contributed by atoms with Crippen molar-refractivity contribution in [1.29, 1.82) is 0 Å². The maximum atomic E-state index is 13.1. The summed E-state index contributed by atoms with van der Waals surface area (Å²) in [5.74, 6) is 1.35. The fourth-order valence-corrected chi connectivity index (χ4v) is 5.52. The Morgan fingerprint density at radius 3 is 2.59 bits per heavy atom. The largest absolute Gasteiger partial charge is 0.396 e. The van der Waals surface area contributed by atoms with Crippen LogP contribution in [0.3, 0.4) is 0 Å². The summed E-state index contributed by atoms with van der Waals surface area (Å²) in [6.07, 6.45) is 4.95. The molecule has 0 spiro atoms. The van der Waals surface area contributed by atoms with Crippen molar-refractivity contribution >= 4 is 17.4 Å². The van der Waals surface area contributed by atoms with E-state index in [2.05, 4.69) is 39.9 Å². The van der Waals surface area contributed by atoms with Crippen molar-refractivity contribution in [3.8, 4) is 22.5 Å². The van der Waals surface area contributed by atoms with Crippen molar-refractivity contribution in [3.63, 3.8) is 0 Å². The highest BCUT2D eigenvalue weighted by atomic mass is 16.3. The minimum atomic E-state index is -0.176. The highest BCUT2D eigenvalue weighted by Gasteiger charge is 2.22. The van der Waals surface area contributed by atoms with Gasteiger partial charge in [0.25, 0.3) is 5.91 Å². The molecular formula is C34H41N7O3. The zero-order valence-corrected chi connectivity index (χ0v) is 26.1. The lowest BCUT2D eigenvalue weighted by Crippen LogP contribution is -2.26. The number of anilines is 1. The standard InChI is InChI=1S/C34H41N7O3/c1-6-25(20-43)29-18-30(37-19-24-9-7-10-26(16-24)32-35-12-13-40(32)5)41-33(38-29)31(23(4)39-41)27-15-21(2)22(3)28(17-27)34(44)36-11-8-14-42/h7,9-10,12-13,15-18,25,37,42-43H,6,8,11,14,19-20H2,1-5H3,(H,36,44). The van der Waals surface area contributed by atoms with E-state index in [0.29, 0.717) is 30.7 Å². The van der Waals surface area contributed by atoms with Gasteiger partial charge in [-0.2, -0.15) is 9.61 Å². The van der Waals surface area contributed by atoms with Gasteiger partial charge >= 0.3 is 0 Å². The second-order valence-corrected chi connectivity index (χ2v) is 11.3. The fraction of sp³-hybridized carbons (Fsp3) is 0.353. The summed E-state index contributed by atoms with van der Waals surface area (Å²) in [4.78, 5) is 22.6. The van der Waals surface area contributed by atoms with Crippen LogP contribution in [0.2, 0.25) is 0 Å². The maximum absolute atomic E-state index is 13.1. The number of amides is 1. The van der Waals surface area contributed by atoms with Gasteiger partial charge in [0, 0.05) is 67.8 Å². The molecule has 2 aromatic carbocycles. The molecule has 44 heavy (non-hydrogen) atoms. The van der Waals surface area contributed by atoms with Crippen LogP contribution in [0.25, 0.3) is 28.2 Å². The van der Waals surface area contributed by atoms with Crippen LogP contribution in [-0.4, -0.2) is 60.0 Å². The van der Waals surface area contributed by atoms with Crippen molar-refractivity contribution in [2.75, 3.05) is 25.1 Å². The van der Waals surface area contributed by atoms with Crippen LogP contribution in [0.4, 0.5) is 5.82 Å². The number of aliphatic hydroxyl groups is 2. The summed E-state index contributed by atoms with van der Waals surface area (Å²) in [5.41, 5.74) is 8.49. The zero-order chi connectivity index (χ0) is 31.4. The van der Waals surface area contributed by atoms with Gasteiger partial charge in [-0.05, 0) is 68.0 Å². The summed E-state index contributed by atoms with van der Waals surface area (Å²) in [5, 5.41) is 30.7. The summed E-state index contributed by atoms with van der Waals surface area (Å²) >= 11 is 0. The Morgan fingerprint density at radius 1 is 1.07 bits per heavy atom. The van der Waals surface area contributed by atoms with E-state index in [9.17, 15) is 9.90 Å². The minimum absolute atomic E-state index is 0.0188. The molecule has 0 radical (unpaired) electrons. The lowest BCUT2D eigenvalue weighted by molar-refractivity contribution is 0.0950. The molecule has 5 aromatic rings. The monoisotopic (exact) mass is 595 g/mol. The number of aliphatic hydroxyl groups excluding tert-OH is 2. The van der Waals surface area contributed by atoms with E-state index in [1.807, 2.05) is 68.2 Å². The molecule has 5 rings (SSSR count). The average molecular weight is 596 g/mol. The van der Waals surface area contributed by atoms with Crippen molar-refractivity contribution in [2.24, 2.45) is 7.05 Å². The number of rotatable bonds is 12. The molecular weight excluding hydrogens is 554 g/mol. The van der Waals surface area contributed by atoms with Gasteiger partial charge < -0.3 is 25.4 Å². The third kappa shape index (κ3) is 6.22. The molecule has 10 heteroatoms. The van der Waals surface area contributed by atoms with Crippen LogP contribution >= 0.6 is 0 Å². The van der Waals surface area contributed by atoms with E-state index >= 15 is 0 Å². The first-order chi connectivity index (χ1) is 21.2. The van der Waals surface area contributed by atoms with E-state index in [1.54, 1.807) is 6.20 Å². The smallest absolute Gasteiger partial charge is 0.251 e. The number of imidazole rings is 1. The molecule has 0 aliphatic rings. The first-order valence-electron chi connectivity index (χ1n) is 15.1. The Morgan fingerprint density at radius 2 is 1.89 bits per heavy atom. The number of nitrogens with one attached hydrogen (secondary N) is 2. The number of fused-ring (bicyclic) bond motifs is 1. The molecule has 0 saturated carbocycles. The van der Waals surface area contributed by atoms with Gasteiger partial charge in [-0.25, -0.2) is 9.97 Å². The molecule has 0 saturated heterocycles. The van der Waals surface area contributed by atoms with Crippen LogP contribution in [0.1, 0.15) is 64.1 Å². The van der Waals surface area contributed by atoms with Gasteiger partial charge in [0.1, 0.15) is 11.6 Å². The predicted octanol–water partition coefficient (Wildman–Crippen LogP) is 4.93. The maximum Gasteiger partial charge on any atom is 0.251 e. The molecule has 230 valence electrons. The van der Waals surface area contributed by atoms with E-state index in [4.69, 9.17) is 15.2 Å². The van der Waals surface area contributed by atoms with Crippen LogP contribution in [0.15, 0.2) is 54.9 Å². The molecule has 3 heterocycles. The molecule has 1 amide bonds. The van der Waals surface area contributed by atoms with E-state index in [1.165, 1.54) is 0 Å². The van der Waals surface area contributed by atoms with Crippen LogP contribution in [-0.2, 0) is 13.6 Å². The normalized spacial score (nSPS) is 12.1. The third-order valence-corrected chi connectivity index (χ3v) is 8.22. The molecule has 10 nitrogen and oxygen atoms in total. The first-order valence-corrected chi connectivity index (χ1v) is 15.1. The topological polar surface area (TPSA) is 130 Å². The quantitative estimate of drug-likeness (QED) is 0.151. The number of aryl methyl sites for hydroxylation is 3. The Hall–Kier alpha value is -4.54. The van der Waals surface area contributed by atoms with Crippen molar-refractivity contribution in [1.82, 2.24) is 29.5 Å². The summed E-state index contributed by atoms with van der Waals surface area (Å²) in [7, 11) is 1.98. The molecule has 0 aliphatic heterocycles. The molecule has 0 fully saturated rings. The fourth-order valence-electron chi connectivity index (χ4n) is 5.52. The van der Waals surface area contributed by atoms with E-state index in [-0.39, 0.29) is 25.0 Å². The number of hydrogen-bond donors (Lipinski definition) is 4. The number of hydrogen-bond acceptors (Lipinski definition) is 7. The van der Waals surface area contributed by atoms with Crippen LogP contribution in [0, 0.1) is 20.8 Å². The van der Waals surface area contributed by atoms with E-state index < -0.39 is 0 Å². The van der Waals surface area contributed by atoms with Gasteiger partial charge in [0.15, 0.2) is 5.65 Å². The highest BCUT2D eigenvalue weighted by molar-refractivity contribution is 5.98. The summed E-state index contributed by atoms with van der Waals surface area (Å²) < 4.78 is 3.81. The Balaban J connectivity index is 1.57. The first kappa shape index (κ1) is 30.9. The number of carbonyl (C=O) groups is 1. The number of aromatic nitrogens is 5. The molecule has 1 atom stereocenters. The molecule has 1 unspecified atom stereocenters.